The first kappa shape index (κ1) is 16.5. The molecule has 124 valence electrons. The first-order chi connectivity index (χ1) is 11.6. The van der Waals surface area contributed by atoms with Gasteiger partial charge in [-0.25, -0.2) is 0 Å². The molecule has 0 aliphatic heterocycles. The van der Waals surface area contributed by atoms with Crippen LogP contribution in [0.2, 0.25) is 0 Å². The van der Waals surface area contributed by atoms with E-state index in [0.29, 0.717) is 13.1 Å². The van der Waals surface area contributed by atoms with Crippen LogP contribution in [0.15, 0.2) is 58.7 Å². The lowest BCUT2D eigenvalue weighted by atomic mass is 10.0. The molecule has 0 N–H and O–H groups in total. The summed E-state index contributed by atoms with van der Waals surface area (Å²) in [6, 6.07) is 12.1. The minimum Gasteiger partial charge on any atom is -0.472 e. The van der Waals surface area contributed by atoms with Gasteiger partial charge in [0.25, 0.3) is 5.91 Å². The van der Waals surface area contributed by atoms with Crippen molar-refractivity contribution in [1.82, 2.24) is 4.90 Å². The van der Waals surface area contributed by atoms with Gasteiger partial charge in [0, 0.05) is 29.1 Å². The molecule has 1 aromatic carbocycles. The van der Waals surface area contributed by atoms with Crippen LogP contribution < -0.4 is 0 Å². The van der Waals surface area contributed by atoms with Crippen LogP contribution in [0, 0.1) is 13.8 Å². The van der Waals surface area contributed by atoms with E-state index >= 15 is 0 Å². The summed E-state index contributed by atoms with van der Waals surface area (Å²) < 4.78 is 5.16. The molecule has 0 fully saturated rings. The molecule has 0 spiro atoms. The Labute approximate surface area is 146 Å². The number of hydrogen-bond acceptors (Lipinski definition) is 3. The second kappa shape index (κ2) is 7.49. The second-order valence-electron chi connectivity index (χ2n) is 6.01. The summed E-state index contributed by atoms with van der Waals surface area (Å²) in [7, 11) is 0. The predicted octanol–water partition coefficient (Wildman–Crippen LogP) is 4.84. The summed E-state index contributed by atoms with van der Waals surface area (Å²) in [5.41, 5.74) is 3.91. The monoisotopic (exact) mass is 339 g/mol. The molecule has 0 aliphatic carbocycles. The lowest BCUT2D eigenvalue weighted by molar-refractivity contribution is 0.0744. The Morgan fingerprint density at radius 2 is 2.08 bits per heavy atom. The Bertz CT molecular complexity index is 791. The average Bonchev–Trinajstić information content (AvgIpc) is 3.26. The average molecular weight is 339 g/mol. The minimum atomic E-state index is 0.0777. The number of benzene rings is 1. The van der Waals surface area contributed by atoms with Gasteiger partial charge in [-0.2, -0.15) is 0 Å². The van der Waals surface area contributed by atoms with Crippen LogP contribution in [0.5, 0.6) is 0 Å². The second-order valence-corrected chi connectivity index (χ2v) is 7.04. The molecule has 0 saturated heterocycles. The Morgan fingerprint density at radius 3 is 2.79 bits per heavy atom. The van der Waals surface area contributed by atoms with Gasteiger partial charge in [0.15, 0.2) is 0 Å². The molecule has 3 nitrogen and oxygen atoms in total. The highest BCUT2D eigenvalue weighted by Gasteiger charge is 2.18. The fourth-order valence-corrected chi connectivity index (χ4v) is 3.39. The van der Waals surface area contributed by atoms with Crippen molar-refractivity contribution in [3.63, 3.8) is 0 Å². The van der Waals surface area contributed by atoms with Crippen LogP contribution in [-0.4, -0.2) is 17.4 Å². The number of rotatable bonds is 6. The Kier molecular flexibility index (Phi) is 5.16. The van der Waals surface area contributed by atoms with Crippen molar-refractivity contribution in [2.24, 2.45) is 0 Å². The van der Waals surface area contributed by atoms with Gasteiger partial charge in [-0.05, 0) is 49.4 Å². The number of hydrogen-bond donors (Lipinski definition) is 0. The van der Waals surface area contributed by atoms with Crippen molar-refractivity contribution in [2.75, 3.05) is 6.54 Å². The normalized spacial score (nSPS) is 10.8. The maximum Gasteiger partial charge on any atom is 0.254 e. The number of carbonyl (C=O) groups is 1. The molecule has 0 atom stereocenters. The van der Waals surface area contributed by atoms with E-state index in [-0.39, 0.29) is 5.91 Å². The number of furan rings is 1. The zero-order valence-corrected chi connectivity index (χ0v) is 14.8. The third-order valence-corrected chi connectivity index (χ3v) is 5.01. The van der Waals surface area contributed by atoms with E-state index in [2.05, 4.69) is 11.4 Å². The molecule has 0 bridgehead atoms. The highest BCUT2D eigenvalue weighted by molar-refractivity contribution is 7.09. The number of nitrogens with zero attached hydrogens (tertiary/aromatic N) is 1. The maximum atomic E-state index is 13.1. The quantitative estimate of drug-likeness (QED) is 0.643. The van der Waals surface area contributed by atoms with E-state index in [1.54, 1.807) is 23.9 Å². The van der Waals surface area contributed by atoms with E-state index < -0.39 is 0 Å². The molecular weight excluding hydrogens is 318 g/mol. The third kappa shape index (κ3) is 3.95. The van der Waals surface area contributed by atoms with Crippen molar-refractivity contribution >= 4 is 17.2 Å². The van der Waals surface area contributed by atoms with Crippen LogP contribution >= 0.6 is 11.3 Å². The molecule has 0 radical (unpaired) electrons. The third-order valence-electron chi connectivity index (χ3n) is 4.07. The zero-order chi connectivity index (χ0) is 16.9. The van der Waals surface area contributed by atoms with Gasteiger partial charge < -0.3 is 9.32 Å². The Morgan fingerprint density at radius 1 is 1.21 bits per heavy atom. The molecule has 0 saturated carbocycles. The molecule has 4 heteroatoms. The molecule has 1 amide bonds. The van der Waals surface area contributed by atoms with Crippen LogP contribution in [-0.2, 0) is 13.0 Å². The number of thiophene rings is 1. The molecule has 0 aliphatic rings. The van der Waals surface area contributed by atoms with Gasteiger partial charge in [0.1, 0.15) is 0 Å². The van der Waals surface area contributed by atoms with E-state index in [1.807, 2.05) is 49.1 Å². The molecule has 2 heterocycles. The zero-order valence-electron chi connectivity index (χ0n) is 14.0. The van der Waals surface area contributed by atoms with Crippen LogP contribution in [0.1, 0.15) is 31.9 Å². The van der Waals surface area contributed by atoms with Gasteiger partial charge in [0.2, 0.25) is 0 Å². The van der Waals surface area contributed by atoms with E-state index in [4.69, 9.17) is 4.42 Å². The van der Waals surface area contributed by atoms with Crippen LogP contribution in [0.25, 0.3) is 0 Å². The van der Waals surface area contributed by atoms with Gasteiger partial charge in [0.05, 0.1) is 12.5 Å². The molecule has 2 aromatic heterocycles. The minimum absolute atomic E-state index is 0.0777. The largest absolute Gasteiger partial charge is 0.472 e. The summed E-state index contributed by atoms with van der Waals surface area (Å²) in [6.45, 7) is 5.26. The molecule has 3 rings (SSSR count). The van der Waals surface area contributed by atoms with Gasteiger partial charge in [-0.15, -0.1) is 11.3 Å². The Balaban J connectivity index is 1.82. The fraction of sp³-hybridized carbons (Fsp3) is 0.250. The molecular formula is C20H21NO2S. The lowest BCUT2D eigenvalue weighted by Crippen LogP contribution is -2.32. The molecule has 3 aromatic rings. The summed E-state index contributed by atoms with van der Waals surface area (Å²) in [6.07, 6.45) is 4.22. The summed E-state index contributed by atoms with van der Waals surface area (Å²) in [4.78, 5) is 16.3. The first-order valence-corrected chi connectivity index (χ1v) is 8.91. The number of aryl methyl sites for hydroxylation is 2. The standard InChI is InChI=1S/C20H21NO2S/c1-15-5-6-16(2)19(12-15)20(22)21(13-17-8-10-23-14-17)9-7-18-4-3-11-24-18/h3-6,8,10-12,14H,7,9,13H2,1-2H3. The van der Waals surface area contributed by atoms with Gasteiger partial charge in [-0.3, -0.25) is 4.79 Å². The van der Waals surface area contributed by atoms with Gasteiger partial charge in [-0.1, -0.05) is 23.8 Å². The molecule has 24 heavy (non-hydrogen) atoms. The number of amides is 1. The summed E-state index contributed by atoms with van der Waals surface area (Å²) in [5, 5.41) is 2.07. The highest BCUT2D eigenvalue weighted by Crippen LogP contribution is 2.17. The van der Waals surface area contributed by atoms with E-state index in [0.717, 1.165) is 28.7 Å². The summed E-state index contributed by atoms with van der Waals surface area (Å²) >= 11 is 1.73. The van der Waals surface area contributed by atoms with Crippen molar-refractivity contribution in [3.05, 3.63) is 81.4 Å². The maximum absolute atomic E-state index is 13.1. The lowest BCUT2D eigenvalue weighted by Gasteiger charge is -2.23. The highest BCUT2D eigenvalue weighted by atomic mass is 32.1. The van der Waals surface area contributed by atoms with Crippen molar-refractivity contribution in [1.29, 1.82) is 0 Å². The van der Waals surface area contributed by atoms with Crippen LogP contribution in [0.3, 0.4) is 0 Å². The predicted molar refractivity (Wildman–Crippen MR) is 97.4 cm³/mol. The molecule has 0 unspecified atom stereocenters. The van der Waals surface area contributed by atoms with Crippen molar-refractivity contribution < 1.29 is 9.21 Å². The first-order valence-electron chi connectivity index (χ1n) is 8.03. The smallest absolute Gasteiger partial charge is 0.254 e. The Hall–Kier alpha value is -2.33. The van der Waals surface area contributed by atoms with E-state index in [9.17, 15) is 4.79 Å². The summed E-state index contributed by atoms with van der Waals surface area (Å²) in [5.74, 6) is 0.0777. The van der Waals surface area contributed by atoms with Crippen molar-refractivity contribution in [2.45, 2.75) is 26.8 Å². The SMILES string of the molecule is Cc1ccc(C)c(C(=O)N(CCc2cccs2)Cc2ccoc2)c1. The van der Waals surface area contributed by atoms with E-state index in [1.165, 1.54) is 4.88 Å². The van der Waals surface area contributed by atoms with Crippen molar-refractivity contribution in [3.8, 4) is 0 Å². The fourth-order valence-electron chi connectivity index (χ4n) is 2.69. The topological polar surface area (TPSA) is 33.5 Å². The van der Waals surface area contributed by atoms with Crippen LogP contribution in [0.4, 0.5) is 0 Å². The van der Waals surface area contributed by atoms with Gasteiger partial charge >= 0.3 is 0 Å². The number of carbonyl (C=O) groups excluding carboxylic acids is 1.